The summed E-state index contributed by atoms with van der Waals surface area (Å²) in [4.78, 5) is 5.89. The predicted molar refractivity (Wildman–Crippen MR) is 97.7 cm³/mol. The summed E-state index contributed by atoms with van der Waals surface area (Å²) in [5.74, 6) is 0. The molecule has 0 saturated carbocycles. The molecule has 22 heavy (non-hydrogen) atoms. The Bertz CT molecular complexity index is 631. The fourth-order valence-electron chi connectivity index (χ4n) is 3.00. The van der Waals surface area contributed by atoms with E-state index in [2.05, 4.69) is 65.3 Å². The second-order valence-corrected chi connectivity index (χ2v) is 6.29. The molecule has 1 aliphatic heterocycles. The summed E-state index contributed by atoms with van der Waals surface area (Å²) >= 11 is 5.64. The lowest BCUT2D eigenvalue weighted by molar-refractivity contribution is 0.387. The van der Waals surface area contributed by atoms with Crippen molar-refractivity contribution >= 4 is 22.9 Å². The second-order valence-electron chi connectivity index (χ2n) is 5.82. The summed E-state index contributed by atoms with van der Waals surface area (Å²) in [6.07, 6.45) is 0.876. The zero-order valence-electron chi connectivity index (χ0n) is 13.0. The van der Waals surface area contributed by atoms with Crippen LogP contribution in [0.15, 0.2) is 54.6 Å². The van der Waals surface area contributed by atoms with Gasteiger partial charge >= 0.3 is 0 Å². The van der Waals surface area contributed by atoms with E-state index in [1.54, 1.807) is 0 Å². The van der Waals surface area contributed by atoms with Gasteiger partial charge in [-0.2, -0.15) is 0 Å². The van der Waals surface area contributed by atoms with E-state index in [9.17, 15) is 0 Å². The van der Waals surface area contributed by atoms with Gasteiger partial charge in [0.15, 0.2) is 0 Å². The Morgan fingerprint density at radius 3 is 2.23 bits per heavy atom. The molecule has 1 fully saturated rings. The molecule has 0 unspecified atom stereocenters. The van der Waals surface area contributed by atoms with Gasteiger partial charge in [0.25, 0.3) is 0 Å². The number of aryl methyl sites for hydroxylation is 1. The summed E-state index contributed by atoms with van der Waals surface area (Å²) in [5, 5.41) is 0. The molecule has 3 heteroatoms. The predicted octanol–water partition coefficient (Wildman–Crippen LogP) is 3.69. The summed E-state index contributed by atoms with van der Waals surface area (Å²) in [5.41, 5.74) is 4.01. The maximum absolute atomic E-state index is 5.64. The SMILES string of the molecule is Cc1ccccc1N1CCN(C(=S)Cc2ccccc2)CC1. The largest absolute Gasteiger partial charge is 0.368 e. The van der Waals surface area contributed by atoms with Crippen LogP contribution in [0.5, 0.6) is 0 Å². The van der Waals surface area contributed by atoms with Gasteiger partial charge < -0.3 is 9.80 Å². The number of anilines is 1. The summed E-state index contributed by atoms with van der Waals surface area (Å²) < 4.78 is 0. The number of nitrogens with zero attached hydrogens (tertiary/aromatic N) is 2. The molecule has 0 spiro atoms. The first kappa shape index (κ1) is 15.0. The minimum absolute atomic E-state index is 0.876. The minimum Gasteiger partial charge on any atom is -0.368 e. The molecule has 0 aromatic heterocycles. The van der Waals surface area contributed by atoms with Gasteiger partial charge in [-0.05, 0) is 24.1 Å². The lowest BCUT2D eigenvalue weighted by atomic mass is 10.1. The Hall–Kier alpha value is -1.87. The summed E-state index contributed by atoms with van der Waals surface area (Å²) in [7, 11) is 0. The first-order valence-corrected chi connectivity index (χ1v) is 8.27. The highest BCUT2D eigenvalue weighted by molar-refractivity contribution is 7.80. The third-order valence-electron chi connectivity index (χ3n) is 4.29. The van der Waals surface area contributed by atoms with Crippen LogP contribution in [0.25, 0.3) is 0 Å². The highest BCUT2D eigenvalue weighted by Gasteiger charge is 2.19. The standard InChI is InChI=1S/C19H22N2S/c1-16-7-5-6-10-18(16)20-11-13-21(14-12-20)19(22)15-17-8-3-2-4-9-17/h2-10H,11-15H2,1H3. The lowest BCUT2D eigenvalue weighted by Gasteiger charge is -2.38. The number of hydrogen-bond donors (Lipinski definition) is 0. The van der Waals surface area contributed by atoms with Crippen LogP contribution < -0.4 is 4.90 Å². The molecule has 0 N–H and O–H groups in total. The Morgan fingerprint density at radius 2 is 1.55 bits per heavy atom. The van der Waals surface area contributed by atoms with Gasteiger partial charge in [-0.15, -0.1) is 0 Å². The number of thiocarbonyl (C=S) groups is 1. The van der Waals surface area contributed by atoms with Crippen LogP contribution in [0.2, 0.25) is 0 Å². The van der Waals surface area contributed by atoms with Gasteiger partial charge in [0, 0.05) is 38.3 Å². The van der Waals surface area contributed by atoms with Crippen LogP contribution in [0.4, 0.5) is 5.69 Å². The molecule has 0 amide bonds. The normalized spacial score (nSPS) is 15.0. The maximum atomic E-state index is 5.64. The molecule has 1 saturated heterocycles. The molecular formula is C19H22N2S. The van der Waals surface area contributed by atoms with Gasteiger partial charge in [-0.1, -0.05) is 60.7 Å². The topological polar surface area (TPSA) is 6.48 Å². The van der Waals surface area contributed by atoms with Crippen molar-refractivity contribution in [1.29, 1.82) is 0 Å². The zero-order chi connectivity index (χ0) is 15.4. The van der Waals surface area contributed by atoms with E-state index >= 15 is 0 Å². The van der Waals surface area contributed by atoms with Gasteiger partial charge in [0.1, 0.15) is 0 Å². The van der Waals surface area contributed by atoms with E-state index < -0.39 is 0 Å². The molecule has 2 aromatic carbocycles. The molecule has 0 atom stereocenters. The van der Waals surface area contributed by atoms with Crippen molar-refractivity contribution in [3.8, 4) is 0 Å². The number of rotatable bonds is 3. The van der Waals surface area contributed by atoms with Crippen molar-refractivity contribution in [1.82, 2.24) is 4.90 Å². The van der Waals surface area contributed by atoms with Gasteiger partial charge in [0.05, 0.1) is 4.99 Å². The van der Waals surface area contributed by atoms with Crippen molar-refractivity contribution in [2.75, 3.05) is 31.1 Å². The van der Waals surface area contributed by atoms with Crippen molar-refractivity contribution in [3.05, 3.63) is 65.7 Å². The number of para-hydroxylation sites is 1. The molecule has 0 aliphatic carbocycles. The van der Waals surface area contributed by atoms with E-state index in [1.165, 1.54) is 16.8 Å². The third kappa shape index (κ3) is 3.47. The Balaban J connectivity index is 1.58. The highest BCUT2D eigenvalue weighted by Crippen LogP contribution is 2.21. The number of benzene rings is 2. The Kier molecular flexibility index (Phi) is 4.74. The van der Waals surface area contributed by atoms with Gasteiger partial charge in [-0.25, -0.2) is 0 Å². The number of piperazine rings is 1. The summed E-state index contributed by atoms with van der Waals surface area (Å²) in [6.45, 7) is 6.29. The zero-order valence-corrected chi connectivity index (χ0v) is 13.9. The van der Waals surface area contributed by atoms with Gasteiger partial charge in [0.2, 0.25) is 0 Å². The molecule has 2 aromatic rings. The Morgan fingerprint density at radius 1 is 0.909 bits per heavy atom. The van der Waals surface area contributed by atoms with Crippen molar-refractivity contribution < 1.29 is 0 Å². The first-order chi connectivity index (χ1) is 10.7. The van der Waals surface area contributed by atoms with Crippen molar-refractivity contribution in [2.24, 2.45) is 0 Å². The van der Waals surface area contributed by atoms with E-state index in [4.69, 9.17) is 12.2 Å². The minimum atomic E-state index is 0.876. The fourth-order valence-corrected chi connectivity index (χ4v) is 3.35. The van der Waals surface area contributed by atoms with Crippen LogP contribution in [0.3, 0.4) is 0 Å². The smallest absolute Gasteiger partial charge is 0.0824 e. The summed E-state index contributed by atoms with van der Waals surface area (Å²) in [6, 6.07) is 19.1. The van der Waals surface area contributed by atoms with Crippen LogP contribution in [-0.2, 0) is 6.42 Å². The average Bonchev–Trinajstić information content (AvgIpc) is 2.56. The van der Waals surface area contributed by atoms with Crippen molar-refractivity contribution in [2.45, 2.75) is 13.3 Å². The number of hydrogen-bond acceptors (Lipinski definition) is 2. The molecule has 0 radical (unpaired) electrons. The van der Waals surface area contributed by atoms with Gasteiger partial charge in [-0.3, -0.25) is 0 Å². The quantitative estimate of drug-likeness (QED) is 0.798. The van der Waals surface area contributed by atoms with E-state index in [1.807, 2.05) is 6.07 Å². The molecule has 3 rings (SSSR count). The van der Waals surface area contributed by atoms with Crippen LogP contribution in [0.1, 0.15) is 11.1 Å². The van der Waals surface area contributed by atoms with Crippen LogP contribution in [0, 0.1) is 6.92 Å². The molecular weight excluding hydrogens is 288 g/mol. The monoisotopic (exact) mass is 310 g/mol. The van der Waals surface area contributed by atoms with E-state index in [-0.39, 0.29) is 0 Å². The average molecular weight is 310 g/mol. The van der Waals surface area contributed by atoms with Crippen LogP contribution in [-0.4, -0.2) is 36.1 Å². The third-order valence-corrected chi connectivity index (χ3v) is 4.69. The molecule has 114 valence electrons. The lowest BCUT2D eigenvalue weighted by Crippen LogP contribution is -2.48. The maximum Gasteiger partial charge on any atom is 0.0824 e. The molecule has 1 aliphatic rings. The van der Waals surface area contributed by atoms with Crippen molar-refractivity contribution in [3.63, 3.8) is 0 Å². The molecule has 1 heterocycles. The highest BCUT2D eigenvalue weighted by atomic mass is 32.1. The van der Waals surface area contributed by atoms with E-state index in [0.717, 1.165) is 37.6 Å². The Labute approximate surface area is 138 Å². The first-order valence-electron chi connectivity index (χ1n) is 7.86. The fraction of sp³-hybridized carbons (Fsp3) is 0.316. The molecule has 0 bridgehead atoms. The molecule has 2 nitrogen and oxygen atoms in total. The van der Waals surface area contributed by atoms with Crippen LogP contribution >= 0.6 is 12.2 Å². The second kappa shape index (κ2) is 6.93. The van der Waals surface area contributed by atoms with E-state index in [0.29, 0.717) is 0 Å².